The second kappa shape index (κ2) is 5.58. The number of phenolic OH excluding ortho intramolecular Hbond substituents is 1. The van der Waals surface area contributed by atoms with E-state index in [1.54, 1.807) is 0 Å². The molecule has 1 fully saturated rings. The molecule has 1 aromatic rings. The van der Waals surface area contributed by atoms with Crippen molar-refractivity contribution in [1.82, 2.24) is 10.0 Å². The van der Waals surface area contributed by atoms with Crippen molar-refractivity contribution >= 4 is 15.9 Å². The van der Waals surface area contributed by atoms with Crippen molar-refractivity contribution in [1.29, 1.82) is 0 Å². The Hall–Kier alpha value is -1.60. The summed E-state index contributed by atoms with van der Waals surface area (Å²) in [5.41, 5.74) is 0. The van der Waals surface area contributed by atoms with E-state index in [1.807, 2.05) is 0 Å². The lowest BCUT2D eigenvalue weighted by atomic mass is 10.3. The first kappa shape index (κ1) is 13.8. The number of carbonyl (C=O) groups is 1. The molecule has 104 valence electrons. The third-order valence-electron chi connectivity index (χ3n) is 2.79. The van der Waals surface area contributed by atoms with Crippen molar-refractivity contribution in [3.8, 4) is 5.75 Å². The third-order valence-corrected chi connectivity index (χ3v) is 4.25. The molecule has 0 radical (unpaired) electrons. The quantitative estimate of drug-likeness (QED) is 0.650. The summed E-state index contributed by atoms with van der Waals surface area (Å²) in [5, 5.41) is 11.9. The van der Waals surface area contributed by atoms with Gasteiger partial charge in [-0.15, -0.1) is 0 Å². The molecular formula is C12H16N2O4S. The lowest BCUT2D eigenvalue weighted by Gasteiger charge is -2.08. The summed E-state index contributed by atoms with van der Waals surface area (Å²) in [6.07, 6.45) is 1.84. The largest absolute Gasteiger partial charge is 0.508 e. The SMILES string of the molecule is O=C(NCCNS(=O)(=O)c1cccc(O)c1)C1CC1. The molecule has 1 aliphatic rings. The maximum atomic E-state index is 11.8. The molecule has 0 aromatic heterocycles. The van der Waals surface area contributed by atoms with Gasteiger partial charge in [0.05, 0.1) is 4.90 Å². The van der Waals surface area contributed by atoms with E-state index >= 15 is 0 Å². The Balaban J connectivity index is 1.82. The second-order valence-electron chi connectivity index (χ2n) is 4.46. The fourth-order valence-corrected chi connectivity index (χ4v) is 2.67. The topological polar surface area (TPSA) is 95.5 Å². The first-order valence-electron chi connectivity index (χ1n) is 6.05. The van der Waals surface area contributed by atoms with Gasteiger partial charge in [0.25, 0.3) is 0 Å². The van der Waals surface area contributed by atoms with Gasteiger partial charge in [-0.1, -0.05) is 6.07 Å². The van der Waals surface area contributed by atoms with Crippen LogP contribution < -0.4 is 10.0 Å². The fraction of sp³-hybridized carbons (Fsp3) is 0.417. The predicted molar refractivity (Wildman–Crippen MR) is 69.0 cm³/mol. The minimum atomic E-state index is -3.65. The average Bonchev–Trinajstić information content (AvgIpc) is 3.18. The molecular weight excluding hydrogens is 268 g/mol. The fourth-order valence-electron chi connectivity index (χ4n) is 1.59. The maximum absolute atomic E-state index is 11.8. The van der Waals surface area contributed by atoms with Gasteiger partial charge in [-0.2, -0.15) is 0 Å². The molecule has 1 aromatic carbocycles. The van der Waals surface area contributed by atoms with E-state index in [0.29, 0.717) is 0 Å². The molecule has 2 rings (SSSR count). The van der Waals surface area contributed by atoms with Crippen LogP contribution in [0.3, 0.4) is 0 Å². The molecule has 6 nitrogen and oxygen atoms in total. The molecule has 0 unspecified atom stereocenters. The van der Waals surface area contributed by atoms with Gasteiger partial charge >= 0.3 is 0 Å². The molecule has 0 spiro atoms. The van der Waals surface area contributed by atoms with Crippen LogP contribution in [0.2, 0.25) is 0 Å². The normalized spacial score (nSPS) is 15.2. The summed E-state index contributed by atoms with van der Waals surface area (Å²) in [7, 11) is -3.65. The van der Waals surface area contributed by atoms with Crippen LogP contribution in [-0.4, -0.2) is 32.5 Å². The van der Waals surface area contributed by atoms with Crippen molar-refractivity contribution in [3.05, 3.63) is 24.3 Å². The molecule has 1 aliphatic carbocycles. The van der Waals surface area contributed by atoms with E-state index in [0.717, 1.165) is 12.8 Å². The highest BCUT2D eigenvalue weighted by atomic mass is 32.2. The van der Waals surface area contributed by atoms with Gasteiger partial charge in [0.2, 0.25) is 15.9 Å². The third kappa shape index (κ3) is 3.93. The zero-order chi connectivity index (χ0) is 13.9. The smallest absolute Gasteiger partial charge is 0.240 e. The highest BCUT2D eigenvalue weighted by Crippen LogP contribution is 2.28. The Bertz CT molecular complexity index is 567. The number of hydrogen-bond acceptors (Lipinski definition) is 4. The van der Waals surface area contributed by atoms with Crippen molar-refractivity contribution in [2.45, 2.75) is 17.7 Å². The van der Waals surface area contributed by atoms with Crippen molar-refractivity contribution in [2.75, 3.05) is 13.1 Å². The lowest BCUT2D eigenvalue weighted by Crippen LogP contribution is -2.35. The Morgan fingerprint density at radius 3 is 2.68 bits per heavy atom. The predicted octanol–water partition coefficient (Wildman–Crippen LogP) is 0.197. The Morgan fingerprint density at radius 1 is 1.32 bits per heavy atom. The van der Waals surface area contributed by atoms with Gasteiger partial charge in [-0.05, 0) is 31.0 Å². The minimum Gasteiger partial charge on any atom is -0.508 e. The number of nitrogens with one attached hydrogen (secondary N) is 2. The second-order valence-corrected chi connectivity index (χ2v) is 6.23. The standard InChI is InChI=1S/C12H16N2O4S/c15-10-2-1-3-11(8-10)19(17,18)14-7-6-13-12(16)9-4-5-9/h1-3,8-9,14-15H,4-7H2,(H,13,16). The van der Waals surface area contributed by atoms with Gasteiger partial charge in [0.15, 0.2) is 0 Å². The van der Waals surface area contributed by atoms with Crippen LogP contribution >= 0.6 is 0 Å². The Labute approximate surface area is 111 Å². The van der Waals surface area contributed by atoms with E-state index in [4.69, 9.17) is 0 Å². The number of rotatable bonds is 6. The number of amides is 1. The summed E-state index contributed by atoms with van der Waals surface area (Å²) in [4.78, 5) is 11.3. The number of sulfonamides is 1. The first-order chi connectivity index (χ1) is 8.99. The summed E-state index contributed by atoms with van der Waals surface area (Å²) >= 11 is 0. The van der Waals surface area contributed by atoms with E-state index < -0.39 is 10.0 Å². The number of benzene rings is 1. The minimum absolute atomic E-state index is 0.000944. The summed E-state index contributed by atoms with van der Waals surface area (Å²) in [5.74, 6) is -0.0101. The maximum Gasteiger partial charge on any atom is 0.240 e. The summed E-state index contributed by atoms with van der Waals surface area (Å²) in [6, 6.07) is 5.42. The van der Waals surface area contributed by atoms with Crippen LogP contribution in [0.1, 0.15) is 12.8 Å². The van der Waals surface area contributed by atoms with E-state index in [-0.39, 0.29) is 35.6 Å². The molecule has 7 heteroatoms. The van der Waals surface area contributed by atoms with Crippen LogP contribution in [0.25, 0.3) is 0 Å². The molecule has 0 heterocycles. The van der Waals surface area contributed by atoms with Crippen LogP contribution in [0.15, 0.2) is 29.2 Å². The van der Waals surface area contributed by atoms with Gasteiger partial charge in [-0.25, -0.2) is 13.1 Å². The van der Waals surface area contributed by atoms with Crippen LogP contribution in [0.4, 0.5) is 0 Å². The first-order valence-corrected chi connectivity index (χ1v) is 7.54. The van der Waals surface area contributed by atoms with E-state index in [1.165, 1.54) is 24.3 Å². The van der Waals surface area contributed by atoms with Gasteiger partial charge in [0, 0.05) is 19.0 Å². The summed E-state index contributed by atoms with van der Waals surface area (Å²) in [6.45, 7) is 0.379. The molecule has 1 saturated carbocycles. The van der Waals surface area contributed by atoms with Crippen molar-refractivity contribution in [3.63, 3.8) is 0 Å². The highest BCUT2D eigenvalue weighted by molar-refractivity contribution is 7.89. The van der Waals surface area contributed by atoms with Gasteiger partial charge in [0.1, 0.15) is 5.75 Å². The number of aromatic hydroxyl groups is 1. The molecule has 0 saturated heterocycles. The van der Waals surface area contributed by atoms with Crippen molar-refractivity contribution < 1.29 is 18.3 Å². The van der Waals surface area contributed by atoms with Gasteiger partial charge < -0.3 is 10.4 Å². The summed E-state index contributed by atoms with van der Waals surface area (Å²) < 4.78 is 26.0. The number of phenols is 1. The molecule has 0 bridgehead atoms. The highest BCUT2D eigenvalue weighted by Gasteiger charge is 2.29. The van der Waals surface area contributed by atoms with Crippen LogP contribution in [0, 0.1) is 5.92 Å². The number of hydrogen-bond donors (Lipinski definition) is 3. The Morgan fingerprint density at radius 2 is 2.05 bits per heavy atom. The molecule has 0 atom stereocenters. The van der Waals surface area contributed by atoms with Crippen LogP contribution in [-0.2, 0) is 14.8 Å². The monoisotopic (exact) mass is 284 g/mol. The molecule has 19 heavy (non-hydrogen) atoms. The van der Waals surface area contributed by atoms with Gasteiger partial charge in [-0.3, -0.25) is 4.79 Å². The molecule has 0 aliphatic heterocycles. The average molecular weight is 284 g/mol. The van der Waals surface area contributed by atoms with Crippen molar-refractivity contribution in [2.24, 2.45) is 5.92 Å². The Kier molecular flexibility index (Phi) is 4.06. The molecule has 1 amide bonds. The van der Waals surface area contributed by atoms with Crippen LogP contribution in [0.5, 0.6) is 5.75 Å². The molecule has 3 N–H and O–H groups in total. The van der Waals surface area contributed by atoms with E-state index in [2.05, 4.69) is 10.0 Å². The zero-order valence-corrected chi connectivity index (χ0v) is 11.1. The zero-order valence-electron chi connectivity index (χ0n) is 10.3. The lowest BCUT2D eigenvalue weighted by molar-refractivity contribution is -0.122. The number of carbonyl (C=O) groups excluding carboxylic acids is 1. The van der Waals surface area contributed by atoms with E-state index in [9.17, 15) is 18.3 Å².